The topological polar surface area (TPSA) is 60.8 Å². The van der Waals surface area contributed by atoms with E-state index in [4.69, 9.17) is 9.47 Å². The molecule has 2 bridgehead atoms. The molecule has 4 rings (SSSR count). The number of carbonyl (C=O) groups is 1. The summed E-state index contributed by atoms with van der Waals surface area (Å²) in [6.07, 6.45) is 3.82. The number of carbonyl (C=O) groups excluding carboxylic acids is 1. The van der Waals surface area contributed by atoms with E-state index < -0.39 is 5.97 Å². The second kappa shape index (κ2) is 8.90. The molecule has 0 aliphatic carbocycles. The Bertz CT molecular complexity index is 953. The lowest BCUT2D eigenvalue weighted by Gasteiger charge is -2.38. The average Bonchev–Trinajstić information content (AvgIpc) is 2.95. The van der Waals surface area contributed by atoms with Gasteiger partial charge in [-0.3, -0.25) is 9.69 Å². The van der Waals surface area contributed by atoms with E-state index in [0.717, 1.165) is 56.3 Å². The fraction of sp³-hybridized carbons (Fsp3) is 0.583. The van der Waals surface area contributed by atoms with Crippen molar-refractivity contribution in [3.8, 4) is 0 Å². The number of benzene rings is 1. The minimum absolute atomic E-state index is 0.0421. The van der Waals surface area contributed by atoms with Gasteiger partial charge in [-0.05, 0) is 51.1 Å². The average molecular weight is 413 g/mol. The maximum Gasteiger partial charge on any atom is 0.344 e. The van der Waals surface area contributed by atoms with Crippen molar-refractivity contribution in [1.29, 1.82) is 0 Å². The van der Waals surface area contributed by atoms with Crippen molar-refractivity contribution in [1.82, 2.24) is 9.47 Å². The van der Waals surface area contributed by atoms with Crippen LogP contribution in [0.5, 0.6) is 0 Å². The highest BCUT2D eigenvalue weighted by Crippen LogP contribution is 2.36. The van der Waals surface area contributed by atoms with Crippen molar-refractivity contribution < 1.29 is 14.3 Å². The Kier molecular flexibility index (Phi) is 6.25. The molecule has 0 saturated carbocycles. The molecule has 1 aromatic heterocycles. The van der Waals surface area contributed by atoms with Crippen LogP contribution in [0.15, 0.2) is 35.1 Å². The van der Waals surface area contributed by atoms with E-state index in [1.54, 1.807) is 10.6 Å². The minimum Gasteiger partial charge on any atom is -0.459 e. The summed E-state index contributed by atoms with van der Waals surface area (Å²) in [5.41, 5.74) is 0.703. The summed E-state index contributed by atoms with van der Waals surface area (Å²) in [7, 11) is 0. The summed E-state index contributed by atoms with van der Waals surface area (Å²) in [6, 6.07) is 10.2. The Morgan fingerprint density at radius 1 is 1.17 bits per heavy atom. The Balaban J connectivity index is 1.51. The molecule has 3 atom stereocenters. The number of ether oxygens (including phenoxy) is 2. The molecule has 0 amide bonds. The number of hydrogen-bond donors (Lipinski definition) is 0. The van der Waals surface area contributed by atoms with Crippen LogP contribution in [0.1, 0.15) is 62.9 Å². The molecule has 0 N–H and O–H groups in total. The lowest BCUT2D eigenvalue weighted by molar-refractivity contribution is -0.0127. The van der Waals surface area contributed by atoms with Gasteiger partial charge in [0.15, 0.2) is 0 Å². The van der Waals surface area contributed by atoms with Crippen LogP contribution in [0.2, 0.25) is 0 Å². The van der Waals surface area contributed by atoms with Crippen molar-refractivity contribution >= 4 is 16.9 Å². The van der Waals surface area contributed by atoms with Gasteiger partial charge in [0, 0.05) is 44.1 Å². The zero-order valence-corrected chi connectivity index (χ0v) is 18.2. The predicted molar refractivity (Wildman–Crippen MR) is 117 cm³/mol. The van der Waals surface area contributed by atoms with Gasteiger partial charge in [-0.25, -0.2) is 4.79 Å². The van der Waals surface area contributed by atoms with E-state index in [0.29, 0.717) is 12.1 Å². The van der Waals surface area contributed by atoms with Crippen LogP contribution in [-0.2, 0) is 9.47 Å². The van der Waals surface area contributed by atoms with E-state index in [1.165, 1.54) is 0 Å². The third-order valence-electron chi connectivity index (χ3n) is 6.49. The molecule has 162 valence electrons. The maximum absolute atomic E-state index is 13.1. The van der Waals surface area contributed by atoms with E-state index in [1.807, 2.05) is 45.0 Å². The Morgan fingerprint density at radius 2 is 1.87 bits per heavy atom. The molecule has 1 aromatic carbocycles. The number of pyridine rings is 1. The standard InChI is InChI=1S/C24H32N2O4/c1-4-29-12-11-25-18-9-10-19(25)15-20(14-18)30-24(28)21-13-17-7-5-6-8-22(17)26(16(2)3)23(21)27/h5-8,13,16,18-20H,4,9-12,14-15H2,1-3H3/t18-,19+,20?. The normalized spacial score (nSPS) is 23.9. The first-order chi connectivity index (χ1) is 14.5. The van der Waals surface area contributed by atoms with Crippen molar-refractivity contribution in [3.63, 3.8) is 0 Å². The van der Waals surface area contributed by atoms with E-state index in [2.05, 4.69) is 4.90 Å². The molecule has 6 heteroatoms. The smallest absolute Gasteiger partial charge is 0.344 e. The molecule has 6 nitrogen and oxygen atoms in total. The Morgan fingerprint density at radius 3 is 2.53 bits per heavy atom. The molecule has 3 heterocycles. The van der Waals surface area contributed by atoms with Gasteiger partial charge in [0.2, 0.25) is 0 Å². The molecule has 2 fully saturated rings. The molecule has 30 heavy (non-hydrogen) atoms. The Hall–Kier alpha value is -2.18. The summed E-state index contributed by atoms with van der Waals surface area (Å²) in [6.45, 7) is 8.36. The molecule has 2 aliphatic rings. The van der Waals surface area contributed by atoms with Crippen molar-refractivity contribution in [2.75, 3.05) is 19.8 Å². The SMILES string of the molecule is CCOCCN1[C@@H]2CC[C@H]1CC(OC(=O)c1cc3ccccc3n(C(C)C)c1=O)C2. The molecule has 2 aliphatic heterocycles. The minimum atomic E-state index is -0.493. The van der Waals surface area contributed by atoms with Crippen LogP contribution in [-0.4, -0.2) is 53.4 Å². The van der Waals surface area contributed by atoms with Gasteiger partial charge < -0.3 is 14.0 Å². The number of esters is 1. The monoisotopic (exact) mass is 412 g/mol. The first kappa shape index (κ1) is 21.1. The van der Waals surface area contributed by atoms with E-state index in [-0.39, 0.29) is 23.3 Å². The first-order valence-corrected chi connectivity index (χ1v) is 11.2. The fourth-order valence-corrected chi connectivity index (χ4v) is 5.16. The van der Waals surface area contributed by atoms with Gasteiger partial charge in [-0.2, -0.15) is 0 Å². The zero-order valence-electron chi connectivity index (χ0n) is 18.2. The molecule has 2 aromatic rings. The first-order valence-electron chi connectivity index (χ1n) is 11.2. The Labute approximate surface area is 177 Å². The molecule has 1 unspecified atom stereocenters. The number of para-hydroxylation sites is 1. The van der Waals surface area contributed by atoms with Crippen molar-refractivity contribution in [2.45, 2.75) is 70.7 Å². The second-order valence-electron chi connectivity index (χ2n) is 8.70. The molecular formula is C24H32N2O4. The number of fused-ring (bicyclic) bond motifs is 3. The lowest BCUT2D eigenvalue weighted by Crippen LogP contribution is -2.47. The number of hydrogen-bond acceptors (Lipinski definition) is 5. The summed E-state index contributed by atoms with van der Waals surface area (Å²) in [4.78, 5) is 28.6. The van der Waals surface area contributed by atoms with Crippen molar-refractivity contribution in [3.05, 3.63) is 46.2 Å². The predicted octanol–water partition coefficient (Wildman–Crippen LogP) is 3.77. The van der Waals surface area contributed by atoms with Crippen LogP contribution >= 0.6 is 0 Å². The molecule has 2 saturated heterocycles. The molecule has 0 radical (unpaired) electrons. The summed E-state index contributed by atoms with van der Waals surface area (Å²) in [5, 5.41) is 0.878. The van der Waals surface area contributed by atoms with E-state index >= 15 is 0 Å². The summed E-state index contributed by atoms with van der Waals surface area (Å²) < 4.78 is 13.1. The third kappa shape index (κ3) is 4.03. The van der Waals surface area contributed by atoms with Crippen LogP contribution in [0.3, 0.4) is 0 Å². The lowest BCUT2D eigenvalue weighted by atomic mass is 9.99. The molecular weight excluding hydrogens is 380 g/mol. The number of aromatic nitrogens is 1. The highest BCUT2D eigenvalue weighted by atomic mass is 16.5. The van der Waals surface area contributed by atoms with Gasteiger partial charge in [0.1, 0.15) is 11.7 Å². The van der Waals surface area contributed by atoms with Gasteiger partial charge in [0.05, 0.1) is 12.1 Å². The highest BCUT2D eigenvalue weighted by Gasteiger charge is 2.41. The van der Waals surface area contributed by atoms with Crippen molar-refractivity contribution in [2.24, 2.45) is 0 Å². The van der Waals surface area contributed by atoms with Gasteiger partial charge >= 0.3 is 5.97 Å². The maximum atomic E-state index is 13.1. The molecule has 0 spiro atoms. The number of nitrogens with zero attached hydrogens (tertiary/aromatic N) is 2. The zero-order chi connectivity index (χ0) is 21.3. The van der Waals surface area contributed by atoms with Gasteiger partial charge in [-0.15, -0.1) is 0 Å². The fourth-order valence-electron chi connectivity index (χ4n) is 5.16. The van der Waals surface area contributed by atoms with Crippen LogP contribution in [0, 0.1) is 0 Å². The quantitative estimate of drug-likeness (QED) is 0.512. The second-order valence-corrected chi connectivity index (χ2v) is 8.70. The largest absolute Gasteiger partial charge is 0.459 e. The number of rotatable bonds is 7. The number of piperidine rings is 1. The van der Waals surface area contributed by atoms with Crippen LogP contribution in [0.4, 0.5) is 0 Å². The summed E-state index contributed by atoms with van der Waals surface area (Å²) >= 11 is 0. The van der Waals surface area contributed by atoms with Crippen LogP contribution < -0.4 is 5.56 Å². The summed E-state index contributed by atoms with van der Waals surface area (Å²) in [5.74, 6) is -0.493. The third-order valence-corrected chi connectivity index (χ3v) is 6.49. The van der Waals surface area contributed by atoms with Crippen LogP contribution in [0.25, 0.3) is 10.9 Å². The highest BCUT2D eigenvalue weighted by molar-refractivity contribution is 5.94. The van der Waals surface area contributed by atoms with Gasteiger partial charge in [0.25, 0.3) is 5.56 Å². The van der Waals surface area contributed by atoms with Gasteiger partial charge in [-0.1, -0.05) is 18.2 Å². The van der Waals surface area contributed by atoms with E-state index in [9.17, 15) is 9.59 Å².